The van der Waals surface area contributed by atoms with Crippen LogP contribution in [0.3, 0.4) is 0 Å². The molecule has 8 heteroatoms. The maximum absolute atomic E-state index is 13.5. The summed E-state index contributed by atoms with van der Waals surface area (Å²) in [7, 11) is 3.03. The molecule has 2 N–H and O–H groups in total. The summed E-state index contributed by atoms with van der Waals surface area (Å²) in [5.74, 6) is -1.42. The molecule has 1 atom stereocenters. The summed E-state index contributed by atoms with van der Waals surface area (Å²) in [5, 5.41) is 12.4. The van der Waals surface area contributed by atoms with E-state index in [9.17, 15) is 19.1 Å². The monoisotopic (exact) mass is 410 g/mol. The van der Waals surface area contributed by atoms with E-state index in [4.69, 9.17) is 9.47 Å². The Morgan fingerprint density at radius 3 is 2.53 bits per heavy atom. The zero-order valence-corrected chi connectivity index (χ0v) is 16.3. The smallest absolute Gasteiger partial charge is 0.339 e. The van der Waals surface area contributed by atoms with Gasteiger partial charge in [0.2, 0.25) is 5.91 Å². The van der Waals surface area contributed by atoms with E-state index in [-0.39, 0.29) is 23.6 Å². The summed E-state index contributed by atoms with van der Waals surface area (Å²) in [4.78, 5) is 24.4. The van der Waals surface area contributed by atoms with Crippen LogP contribution in [-0.4, -0.2) is 35.8 Å². The van der Waals surface area contributed by atoms with Crippen LogP contribution >= 0.6 is 0 Å². The Morgan fingerprint density at radius 1 is 1.17 bits per heavy atom. The Bertz CT molecular complexity index is 1140. The van der Waals surface area contributed by atoms with Crippen molar-refractivity contribution in [2.24, 2.45) is 0 Å². The highest BCUT2D eigenvalue weighted by Gasteiger charge is 2.36. The van der Waals surface area contributed by atoms with Crippen LogP contribution < -0.4 is 14.8 Å². The van der Waals surface area contributed by atoms with Crippen molar-refractivity contribution in [1.29, 1.82) is 0 Å². The van der Waals surface area contributed by atoms with Crippen LogP contribution in [0.4, 0.5) is 10.1 Å². The SMILES string of the molecule is COc1cccc([C@@H]2CC(=O)Nc3c(C(=O)O)cn(-c4ccc(F)cc4)c32)c1OC. The number of benzene rings is 2. The Balaban J connectivity index is 1.99. The van der Waals surface area contributed by atoms with Gasteiger partial charge in [-0.1, -0.05) is 12.1 Å². The Kier molecular flexibility index (Phi) is 4.91. The number of carboxylic acid groups (broad SMARTS) is 1. The van der Waals surface area contributed by atoms with E-state index in [1.54, 1.807) is 28.8 Å². The highest BCUT2D eigenvalue weighted by Crippen LogP contribution is 2.46. The fourth-order valence-electron chi connectivity index (χ4n) is 3.89. The number of amides is 1. The number of rotatable bonds is 5. The third-order valence-electron chi connectivity index (χ3n) is 5.17. The minimum atomic E-state index is -1.18. The number of carbonyl (C=O) groups is 2. The number of carboxylic acids is 1. The van der Waals surface area contributed by atoms with Crippen molar-refractivity contribution in [1.82, 2.24) is 4.57 Å². The fourth-order valence-corrected chi connectivity index (χ4v) is 3.89. The molecular weight excluding hydrogens is 391 g/mol. The molecule has 1 amide bonds. The Morgan fingerprint density at radius 2 is 1.90 bits per heavy atom. The number of aromatic carboxylic acids is 1. The molecule has 0 aliphatic carbocycles. The molecule has 1 aromatic heterocycles. The summed E-state index contributed by atoms with van der Waals surface area (Å²) in [6.45, 7) is 0. The second kappa shape index (κ2) is 7.55. The average Bonchev–Trinajstić information content (AvgIpc) is 3.12. The van der Waals surface area contributed by atoms with E-state index >= 15 is 0 Å². The molecule has 0 radical (unpaired) electrons. The van der Waals surface area contributed by atoms with E-state index in [0.717, 1.165) is 0 Å². The van der Waals surface area contributed by atoms with Crippen molar-refractivity contribution >= 4 is 17.6 Å². The lowest BCUT2D eigenvalue weighted by molar-refractivity contribution is -0.116. The largest absolute Gasteiger partial charge is 0.493 e. The first-order chi connectivity index (χ1) is 14.4. The number of hydrogen-bond donors (Lipinski definition) is 2. The minimum Gasteiger partial charge on any atom is -0.493 e. The molecule has 1 aliphatic heterocycles. The third-order valence-corrected chi connectivity index (χ3v) is 5.17. The van der Waals surface area contributed by atoms with Crippen molar-refractivity contribution < 1.29 is 28.6 Å². The number of halogens is 1. The predicted octanol–water partition coefficient (Wildman–Crippen LogP) is 3.81. The molecule has 7 nitrogen and oxygen atoms in total. The quantitative estimate of drug-likeness (QED) is 0.668. The molecule has 0 bridgehead atoms. The van der Waals surface area contributed by atoms with E-state index in [2.05, 4.69) is 5.32 Å². The van der Waals surface area contributed by atoms with Crippen LogP contribution in [0.25, 0.3) is 5.69 Å². The van der Waals surface area contributed by atoms with Gasteiger partial charge in [-0.2, -0.15) is 0 Å². The first-order valence-electron chi connectivity index (χ1n) is 9.19. The zero-order valence-electron chi connectivity index (χ0n) is 16.3. The second-order valence-electron chi connectivity index (χ2n) is 6.84. The number of hydrogen-bond acceptors (Lipinski definition) is 4. The molecule has 30 heavy (non-hydrogen) atoms. The molecular formula is C22H19FN2O5. The van der Waals surface area contributed by atoms with Gasteiger partial charge in [0.15, 0.2) is 11.5 Å². The number of nitrogens with one attached hydrogen (secondary N) is 1. The van der Waals surface area contributed by atoms with Gasteiger partial charge in [0.1, 0.15) is 11.4 Å². The van der Waals surface area contributed by atoms with E-state index in [1.165, 1.54) is 32.5 Å². The standard InChI is InChI=1S/C22H19FN2O5/c1-29-17-5-3-4-14(21(17)30-2)15-10-18(26)24-19-16(22(27)28)11-25(20(15)19)13-8-6-12(23)7-9-13/h3-9,11,15H,10H2,1-2H3,(H,24,26)(H,27,28)/t15-/m0/s1. The third kappa shape index (κ3) is 3.16. The molecule has 3 aromatic rings. The number of methoxy groups -OCH3 is 2. The molecule has 2 heterocycles. The molecule has 0 saturated heterocycles. The fraction of sp³-hybridized carbons (Fsp3) is 0.182. The summed E-state index contributed by atoms with van der Waals surface area (Å²) in [5.41, 5.74) is 2.01. The summed E-state index contributed by atoms with van der Waals surface area (Å²) < 4.78 is 26.1. The highest BCUT2D eigenvalue weighted by atomic mass is 19.1. The molecule has 154 valence electrons. The van der Waals surface area contributed by atoms with Crippen LogP contribution in [0.1, 0.15) is 34.0 Å². The van der Waals surface area contributed by atoms with Gasteiger partial charge in [0, 0.05) is 29.8 Å². The van der Waals surface area contributed by atoms with Crippen molar-refractivity contribution in [2.75, 3.05) is 19.5 Å². The first kappa shape index (κ1) is 19.5. The number of carbonyl (C=O) groups excluding carboxylic acids is 1. The number of ether oxygens (including phenoxy) is 2. The number of anilines is 1. The van der Waals surface area contributed by atoms with Gasteiger partial charge in [-0.3, -0.25) is 4.79 Å². The molecule has 0 spiro atoms. The summed E-state index contributed by atoms with van der Waals surface area (Å²) >= 11 is 0. The van der Waals surface area contributed by atoms with Crippen LogP contribution in [0, 0.1) is 5.82 Å². The van der Waals surface area contributed by atoms with E-state index in [0.29, 0.717) is 28.4 Å². The topological polar surface area (TPSA) is 89.8 Å². The van der Waals surface area contributed by atoms with Crippen LogP contribution in [0.15, 0.2) is 48.7 Å². The number of nitrogens with zero attached hydrogens (tertiary/aromatic N) is 1. The Labute approximate surface area is 171 Å². The van der Waals surface area contributed by atoms with Crippen molar-refractivity contribution in [3.63, 3.8) is 0 Å². The van der Waals surface area contributed by atoms with Crippen LogP contribution in [0.5, 0.6) is 11.5 Å². The van der Waals surface area contributed by atoms with Crippen molar-refractivity contribution in [3.8, 4) is 17.2 Å². The average molecular weight is 410 g/mol. The molecule has 0 saturated carbocycles. The molecule has 0 unspecified atom stereocenters. The normalized spacial score (nSPS) is 15.3. The molecule has 0 fully saturated rings. The summed E-state index contributed by atoms with van der Waals surface area (Å²) in [6.07, 6.45) is 1.52. The lowest BCUT2D eigenvalue weighted by Crippen LogP contribution is -2.25. The minimum absolute atomic E-state index is 0.0470. The molecule has 1 aliphatic rings. The molecule has 2 aromatic carbocycles. The van der Waals surface area contributed by atoms with Gasteiger partial charge in [0.05, 0.1) is 25.6 Å². The second-order valence-corrected chi connectivity index (χ2v) is 6.84. The lowest BCUT2D eigenvalue weighted by atomic mass is 9.87. The molecule has 4 rings (SSSR count). The van der Waals surface area contributed by atoms with Crippen molar-refractivity contribution in [3.05, 3.63) is 71.3 Å². The van der Waals surface area contributed by atoms with E-state index in [1.807, 2.05) is 6.07 Å². The zero-order chi connectivity index (χ0) is 21.4. The van der Waals surface area contributed by atoms with Gasteiger partial charge in [0.25, 0.3) is 0 Å². The lowest BCUT2D eigenvalue weighted by Gasteiger charge is -2.27. The van der Waals surface area contributed by atoms with Gasteiger partial charge >= 0.3 is 5.97 Å². The van der Waals surface area contributed by atoms with Gasteiger partial charge < -0.3 is 24.5 Å². The van der Waals surface area contributed by atoms with Crippen LogP contribution in [0.2, 0.25) is 0 Å². The maximum atomic E-state index is 13.5. The predicted molar refractivity (Wildman–Crippen MR) is 107 cm³/mol. The van der Waals surface area contributed by atoms with E-state index < -0.39 is 17.7 Å². The maximum Gasteiger partial charge on any atom is 0.339 e. The first-order valence-corrected chi connectivity index (χ1v) is 9.19. The summed E-state index contributed by atoms with van der Waals surface area (Å²) in [6, 6.07) is 11.0. The number of aromatic nitrogens is 1. The van der Waals surface area contributed by atoms with Crippen LogP contribution in [-0.2, 0) is 4.79 Å². The van der Waals surface area contributed by atoms with Gasteiger partial charge in [-0.05, 0) is 30.3 Å². The highest BCUT2D eigenvalue weighted by molar-refractivity contribution is 6.04. The van der Waals surface area contributed by atoms with Gasteiger partial charge in [-0.25, -0.2) is 9.18 Å². The van der Waals surface area contributed by atoms with Gasteiger partial charge in [-0.15, -0.1) is 0 Å². The number of fused-ring (bicyclic) bond motifs is 1. The van der Waals surface area contributed by atoms with Crippen molar-refractivity contribution in [2.45, 2.75) is 12.3 Å². The Hall–Kier alpha value is -3.81. The number of para-hydroxylation sites is 1.